The highest BCUT2D eigenvalue weighted by atomic mass is 15.2. The average Bonchev–Trinajstić information content (AvgIpc) is 2.95. The summed E-state index contributed by atoms with van der Waals surface area (Å²) in [5.41, 5.74) is 0.383. The quantitative estimate of drug-likeness (QED) is 0.746. The van der Waals surface area contributed by atoms with Crippen molar-refractivity contribution < 1.29 is 0 Å². The van der Waals surface area contributed by atoms with Gasteiger partial charge in [-0.05, 0) is 58.7 Å². The van der Waals surface area contributed by atoms with Crippen molar-refractivity contribution in [2.75, 3.05) is 20.1 Å². The number of rotatable bonds is 6. The number of likely N-dealkylation sites (N-methyl/N-ethyl adjacent to an activating group) is 1. The summed E-state index contributed by atoms with van der Waals surface area (Å²) in [6.07, 6.45) is 8.39. The molecule has 1 N–H and O–H groups in total. The number of hydrogen-bond donors (Lipinski definition) is 1. The molecule has 2 atom stereocenters. The SMILES string of the molecule is CCC(C)(C(CC1CC1)NC)N1CCCC1. The molecule has 2 nitrogen and oxygen atoms in total. The molecule has 1 heterocycles. The molecule has 0 aromatic heterocycles. The lowest BCUT2D eigenvalue weighted by molar-refractivity contribution is 0.0812. The van der Waals surface area contributed by atoms with Crippen molar-refractivity contribution >= 4 is 0 Å². The van der Waals surface area contributed by atoms with Gasteiger partial charge < -0.3 is 5.32 Å². The molecule has 0 aromatic carbocycles. The van der Waals surface area contributed by atoms with Gasteiger partial charge in [-0.15, -0.1) is 0 Å². The van der Waals surface area contributed by atoms with Crippen LogP contribution in [-0.4, -0.2) is 36.6 Å². The Bertz CT molecular complexity index is 219. The zero-order valence-electron chi connectivity index (χ0n) is 11.3. The van der Waals surface area contributed by atoms with Gasteiger partial charge in [0.15, 0.2) is 0 Å². The Labute approximate surface area is 101 Å². The maximum atomic E-state index is 3.60. The number of hydrogen-bond acceptors (Lipinski definition) is 2. The molecule has 1 saturated heterocycles. The van der Waals surface area contributed by atoms with Crippen molar-refractivity contribution in [3.05, 3.63) is 0 Å². The molecule has 2 fully saturated rings. The minimum atomic E-state index is 0.383. The van der Waals surface area contributed by atoms with Crippen molar-refractivity contribution in [3.8, 4) is 0 Å². The van der Waals surface area contributed by atoms with Crippen LogP contribution in [0.5, 0.6) is 0 Å². The first kappa shape index (κ1) is 12.4. The Balaban J connectivity index is 2.02. The van der Waals surface area contributed by atoms with E-state index < -0.39 is 0 Å². The fraction of sp³-hybridized carbons (Fsp3) is 1.00. The summed E-state index contributed by atoms with van der Waals surface area (Å²) in [6, 6.07) is 0.683. The fourth-order valence-electron chi connectivity index (χ4n) is 3.29. The van der Waals surface area contributed by atoms with Gasteiger partial charge in [-0.2, -0.15) is 0 Å². The number of nitrogens with one attached hydrogen (secondary N) is 1. The van der Waals surface area contributed by atoms with E-state index in [9.17, 15) is 0 Å². The summed E-state index contributed by atoms with van der Waals surface area (Å²) in [7, 11) is 2.15. The van der Waals surface area contributed by atoms with E-state index >= 15 is 0 Å². The monoisotopic (exact) mass is 224 g/mol. The van der Waals surface area contributed by atoms with Crippen LogP contribution in [0.1, 0.15) is 52.4 Å². The van der Waals surface area contributed by atoms with Gasteiger partial charge in [0.2, 0.25) is 0 Å². The van der Waals surface area contributed by atoms with Crippen molar-refractivity contribution in [2.24, 2.45) is 5.92 Å². The van der Waals surface area contributed by atoms with Crippen LogP contribution in [0.4, 0.5) is 0 Å². The molecule has 0 amide bonds. The second kappa shape index (κ2) is 5.05. The van der Waals surface area contributed by atoms with E-state index in [1.165, 1.54) is 51.6 Å². The van der Waals surface area contributed by atoms with Crippen molar-refractivity contribution in [1.29, 1.82) is 0 Å². The van der Waals surface area contributed by atoms with Gasteiger partial charge >= 0.3 is 0 Å². The van der Waals surface area contributed by atoms with Crippen LogP contribution < -0.4 is 5.32 Å². The van der Waals surface area contributed by atoms with Crippen LogP contribution in [0, 0.1) is 5.92 Å². The van der Waals surface area contributed by atoms with Gasteiger partial charge in [0, 0.05) is 11.6 Å². The highest BCUT2D eigenvalue weighted by molar-refractivity contribution is 4.99. The largest absolute Gasteiger partial charge is 0.315 e. The van der Waals surface area contributed by atoms with Crippen molar-refractivity contribution in [2.45, 2.75) is 64.0 Å². The Morgan fingerprint density at radius 2 is 1.94 bits per heavy atom. The fourth-order valence-corrected chi connectivity index (χ4v) is 3.29. The normalized spacial score (nSPS) is 27.9. The molecular formula is C14H28N2. The van der Waals surface area contributed by atoms with Crippen LogP contribution in [0.15, 0.2) is 0 Å². The van der Waals surface area contributed by atoms with Crippen LogP contribution in [0.3, 0.4) is 0 Å². The molecule has 94 valence electrons. The average molecular weight is 224 g/mol. The Morgan fingerprint density at radius 1 is 1.31 bits per heavy atom. The second-order valence-corrected chi connectivity index (χ2v) is 5.93. The van der Waals surface area contributed by atoms with Crippen molar-refractivity contribution in [3.63, 3.8) is 0 Å². The smallest absolute Gasteiger partial charge is 0.0331 e. The Morgan fingerprint density at radius 3 is 2.38 bits per heavy atom. The molecule has 2 rings (SSSR count). The minimum Gasteiger partial charge on any atom is -0.315 e. The lowest BCUT2D eigenvalue weighted by Crippen LogP contribution is -2.57. The maximum absolute atomic E-state index is 3.60. The summed E-state index contributed by atoms with van der Waals surface area (Å²) in [5.74, 6) is 1.02. The van der Waals surface area contributed by atoms with Gasteiger partial charge in [-0.1, -0.05) is 19.8 Å². The summed E-state index contributed by atoms with van der Waals surface area (Å²) < 4.78 is 0. The van der Waals surface area contributed by atoms with E-state index in [4.69, 9.17) is 0 Å². The van der Waals surface area contributed by atoms with Gasteiger partial charge in [-0.25, -0.2) is 0 Å². The third kappa shape index (κ3) is 2.43. The molecular weight excluding hydrogens is 196 g/mol. The van der Waals surface area contributed by atoms with Gasteiger partial charge in [0.1, 0.15) is 0 Å². The lowest BCUT2D eigenvalue weighted by atomic mass is 9.84. The van der Waals surface area contributed by atoms with Gasteiger partial charge in [0.05, 0.1) is 0 Å². The molecule has 2 heteroatoms. The van der Waals surface area contributed by atoms with E-state index in [-0.39, 0.29) is 0 Å². The highest BCUT2D eigenvalue weighted by Crippen LogP contribution is 2.38. The molecule has 1 aliphatic carbocycles. The molecule has 0 bridgehead atoms. The number of nitrogens with zero attached hydrogens (tertiary/aromatic N) is 1. The topological polar surface area (TPSA) is 15.3 Å². The molecule has 2 unspecified atom stereocenters. The van der Waals surface area contributed by atoms with Crippen LogP contribution in [0.25, 0.3) is 0 Å². The molecule has 16 heavy (non-hydrogen) atoms. The predicted molar refractivity (Wildman–Crippen MR) is 69.7 cm³/mol. The molecule has 1 saturated carbocycles. The first-order valence-electron chi connectivity index (χ1n) is 7.13. The third-order valence-corrected chi connectivity index (χ3v) is 4.91. The molecule has 2 aliphatic rings. The standard InChI is InChI=1S/C14H28N2/c1-4-14(2,16-9-5-6-10-16)13(15-3)11-12-7-8-12/h12-13,15H,4-11H2,1-3H3. The minimum absolute atomic E-state index is 0.383. The highest BCUT2D eigenvalue weighted by Gasteiger charge is 2.40. The molecule has 0 aromatic rings. The van der Waals surface area contributed by atoms with E-state index in [2.05, 4.69) is 31.1 Å². The summed E-state index contributed by atoms with van der Waals surface area (Å²) in [6.45, 7) is 7.46. The lowest BCUT2D eigenvalue weighted by Gasteiger charge is -2.44. The summed E-state index contributed by atoms with van der Waals surface area (Å²) in [4.78, 5) is 2.73. The summed E-state index contributed by atoms with van der Waals surface area (Å²) in [5, 5.41) is 3.60. The van der Waals surface area contributed by atoms with Crippen LogP contribution in [0.2, 0.25) is 0 Å². The van der Waals surface area contributed by atoms with E-state index in [1.54, 1.807) is 0 Å². The molecule has 0 radical (unpaired) electrons. The van der Waals surface area contributed by atoms with E-state index in [0.717, 1.165) is 5.92 Å². The first-order valence-corrected chi connectivity index (χ1v) is 7.13. The predicted octanol–water partition coefficient (Wildman–Crippen LogP) is 2.64. The van der Waals surface area contributed by atoms with Crippen LogP contribution in [-0.2, 0) is 0 Å². The van der Waals surface area contributed by atoms with Crippen LogP contribution >= 0.6 is 0 Å². The zero-order valence-corrected chi connectivity index (χ0v) is 11.3. The first-order chi connectivity index (χ1) is 7.70. The molecule has 1 aliphatic heterocycles. The Hall–Kier alpha value is -0.0800. The van der Waals surface area contributed by atoms with E-state index in [1.807, 2.05) is 0 Å². The number of likely N-dealkylation sites (tertiary alicyclic amines) is 1. The summed E-state index contributed by atoms with van der Waals surface area (Å²) >= 11 is 0. The second-order valence-electron chi connectivity index (χ2n) is 5.93. The van der Waals surface area contributed by atoms with Gasteiger partial charge in [0.25, 0.3) is 0 Å². The Kier molecular flexibility index (Phi) is 3.91. The third-order valence-electron chi connectivity index (χ3n) is 4.91. The zero-order chi connectivity index (χ0) is 11.6. The van der Waals surface area contributed by atoms with Gasteiger partial charge in [-0.3, -0.25) is 4.90 Å². The molecule has 0 spiro atoms. The maximum Gasteiger partial charge on any atom is 0.0331 e. The van der Waals surface area contributed by atoms with E-state index in [0.29, 0.717) is 11.6 Å². The van der Waals surface area contributed by atoms with Crippen molar-refractivity contribution in [1.82, 2.24) is 10.2 Å².